The van der Waals surface area contributed by atoms with E-state index in [0.717, 1.165) is 17.1 Å². The monoisotopic (exact) mass is 872 g/mol. The molecule has 2 nitrogen and oxygen atoms in total. The fourth-order valence-electron chi connectivity index (χ4n) is 12.4. The molecule has 0 N–H and O–H groups in total. The largest absolute Gasteiger partial charge is 0.309 e. The molecule has 2 aliphatic carbocycles. The van der Waals surface area contributed by atoms with Gasteiger partial charge in [0.1, 0.15) is 0 Å². The molecule has 1 aromatic heterocycles. The summed E-state index contributed by atoms with van der Waals surface area (Å²) in [6.45, 7) is 2.43. The van der Waals surface area contributed by atoms with E-state index < -0.39 is 0 Å². The van der Waals surface area contributed by atoms with E-state index in [1.807, 2.05) is 0 Å². The van der Waals surface area contributed by atoms with E-state index >= 15 is 0 Å². The predicted octanol–water partition coefficient (Wildman–Crippen LogP) is 18.1. The third kappa shape index (κ3) is 6.24. The number of nitrogens with zero attached hydrogens (tertiary/aromatic N) is 2. The first-order valence-corrected chi connectivity index (χ1v) is 24.6. The number of aromatic nitrogens is 1. The molecule has 2 heteroatoms. The Hall–Kier alpha value is -7.94. The van der Waals surface area contributed by atoms with Crippen LogP contribution in [0, 0.1) is 0 Å². The molecular weight excluding hydrogens is 821 g/mol. The van der Waals surface area contributed by atoms with Gasteiger partial charge in [-0.3, -0.25) is 0 Å². The van der Waals surface area contributed by atoms with Crippen LogP contribution in [0.25, 0.3) is 71.6 Å². The summed E-state index contributed by atoms with van der Waals surface area (Å²) in [5.74, 6) is 0.556. The molecule has 1 fully saturated rings. The second-order valence-corrected chi connectivity index (χ2v) is 19.1. The van der Waals surface area contributed by atoms with E-state index in [4.69, 9.17) is 0 Å². The van der Waals surface area contributed by atoms with Crippen LogP contribution < -0.4 is 4.90 Å². The molecule has 1 unspecified atom stereocenters. The lowest BCUT2D eigenvalue weighted by atomic mass is 9.74. The van der Waals surface area contributed by atoms with Gasteiger partial charge in [-0.2, -0.15) is 0 Å². The predicted molar refractivity (Wildman–Crippen MR) is 287 cm³/mol. The Kier molecular flexibility index (Phi) is 9.75. The molecule has 0 saturated heterocycles. The van der Waals surface area contributed by atoms with E-state index in [2.05, 4.69) is 247 Å². The highest BCUT2D eigenvalue weighted by molar-refractivity contribution is 6.17. The summed E-state index contributed by atoms with van der Waals surface area (Å²) in [6.07, 6.45) is 6.42. The summed E-state index contributed by atoms with van der Waals surface area (Å²) >= 11 is 0. The van der Waals surface area contributed by atoms with Gasteiger partial charge in [-0.05, 0) is 118 Å². The normalized spacial score (nSPS) is 15.7. The van der Waals surface area contributed by atoms with Crippen molar-refractivity contribution < 1.29 is 0 Å². The van der Waals surface area contributed by atoms with Crippen molar-refractivity contribution in [3.8, 4) is 39.1 Å². The van der Waals surface area contributed by atoms with Gasteiger partial charge >= 0.3 is 0 Å². The van der Waals surface area contributed by atoms with Crippen molar-refractivity contribution in [2.75, 3.05) is 4.90 Å². The Balaban J connectivity index is 1.12. The molecule has 2 aliphatic rings. The highest BCUT2D eigenvalue weighted by Crippen LogP contribution is 2.58. The standard InChI is InChI=1S/C66H52N2/c1-66(47-27-7-3-8-28-47)56-38-15-11-33-54(56)65-57(66)39-22-44-62(65)68(58-40-16-12-31-50(58)52-36-20-26-46-25-19-35-49(63(46)52)45-23-5-2-6-24-45)59-41-17-13-32-51(59)53-37-21-43-61-64(53)55-34-14-18-42-60(55)67(61)48-29-9-4-10-30-48/h3-4,7-22,25-45H,2,5-6,23-24H2,1H3. The Morgan fingerprint density at radius 3 is 1.69 bits per heavy atom. The van der Waals surface area contributed by atoms with Crippen molar-refractivity contribution in [3.63, 3.8) is 0 Å². The minimum atomic E-state index is -0.358. The molecule has 0 spiro atoms. The average molecular weight is 873 g/mol. The fourth-order valence-corrected chi connectivity index (χ4v) is 12.4. The molecule has 0 aliphatic heterocycles. The lowest BCUT2D eigenvalue weighted by Crippen LogP contribution is -2.22. The number of fused-ring (bicyclic) bond motifs is 7. The maximum Gasteiger partial charge on any atom is 0.0547 e. The number of benzene rings is 10. The summed E-state index contributed by atoms with van der Waals surface area (Å²) in [7, 11) is 0. The van der Waals surface area contributed by atoms with E-state index in [1.165, 1.54) is 126 Å². The summed E-state index contributed by atoms with van der Waals surface area (Å²) in [6, 6.07) is 86.2. The first-order chi connectivity index (χ1) is 33.7. The Morgan fingerprint density at radius 2 is 0.941 bits per heavy atom. The van der Waals surface area contributed by atoms with Crippen LogP contribution in [-0.4, -0.2) is 4.57 Å². The molecular formula is C66H52N2. The molecule has 68 heavy (non-hydrogen) atoms. The van der Waals surface area contributed by atoms with Gasteiger partial charge in [-0.25, -0.2) is 0 Å². The van der Waals surface area contributed by atoms with Crippen molar-refractivity contribution in [2.24, 2.45) is 0 Å². The third-order valence-corrected chi connectivity index (χ3v) is 15.5. The lowest BCUT2D eigenvalue weighted by molar-refractivity contribution is 0.445. The molecule has 13 rings (SSSR count). The van der Waals surface area contributed by atoms with Crippen molar-refractivity contribution >= 4 is 49.6 Å². The third-order valence-electron chi connectivity index (χ3n) is 15.5. The van der Waals surface area contributed by atoms with Gasteiger partial charge in [0.05, 0.1) is 28.1 Å². The molecule has 0 radical (unpaired) electrons. The molecule has 1 atom stereocenters. The summed E-state index contributed by atoms with van der Waals surface area (Å²) in [5, 5.41) is 5.19. The topological polar surface area (TPSA) is 8.17 Å². The Bertz CT molecular complexity index is 3680. The second-order valence-electron chi connectivity index (χ2n) is 19.1. The number of anilines is 3. The Labute approximate surface area is 399 Å². The Morgan fingerprint density at radius 1 is 0.412 bits per heavy atom. The van der Waals surface area contributed by atoms with Crippen LogP contribution in [0.3, 0.4) is 0 Å². The molecule has 326 valence electrons. The molecule has 0 bridgehead atoms. The summed E-state index contributed by atoms with van der Waals surface area (Å²) in [5.41, 5.74) is 19.5. The lowest BCUT2D eigenvalue weighted by Gasteiger charge is -2.33. The number of hydrogen-bond acceptors (Lipinski definition) is 1. The zero-order valence-electron chi connectivity index (χ0n) is 38.4. The van der Waals surface area contributed by atoms with Gasteiger partial charge < -0.3 is 9.47 Å². The average Bonchev–Trinajstić information content (AvgIpc) is 3.90. The van der Waals surface area contributed by atoms with Crippen molar-refractivity contribution in [2.45, 2.75) is 50.4 Å². The van der Waals surface area contributed by atoms with Crippen molar-refractivity contribution in [1.82, 2.24) is 4.57 Å². The SMILES string of the molecule is CC1(c2ccccc2)c2ccccc2-c2c(N(c3ccccc3-c3cccc4cccc(C5CCCCC5)c34)c3ccccc3-c3cccc4c3c3ccccc3n4-c3ccccc3)cccc21. The maximum absolute atomic E-state index is 2.62. The molecule has 11 aromatic rings. The summed E-state index contributed by atoms with van der Waals surface area (Å²) in [4.78, 5) is 2.62. The molecule has 0 amide bonds. The van der Waals surface area contributed by atoms with Gasteiger partial charge in [0, 0.05) is 38.6 Å². The van der Waals surface area contributed by atoms with E-state index in [1.54, 1.807) is 0 Å². The van der Waals surface area contributed by atoms with Crippen LogP contribution in [0.1, 0.15) is 67.2 Å². The quantitative estimate of drug-likeness (QED) is 0.148. The first kappa shape index (κ1) is 40.3. The zero-order chi connectivity index (χ0) is 45.2. The van der Waals surface area contributed by atoms with Crippen LogP contribution in [0.2, 0.25) is 0 Å². The molecule has 10 aromatic carbocycles. The summed E-state index contributed by atoms with van der Waals surface area (Å²) < 4.78 is 2.43. The molecule has 1 saturated carbocycles. The van der Waals surface area contributed by atoms with E-state index in [-0.39, 0.29) is 5.41 Å². The van der Waals surface area contributed by atoms with Crippen LogP contribution in [0.5, 0.6) is 0 Å². The highest BCUT2D eigenvalue weighted by Gasteiger charge is 2.43. The molecule has 1 heterocycles. The van der Waals surface area contributed by atoms with Gasteiger partial charge in [-0.15, -0.1) is 0 Å². The van der Waals surface area contributed by atoms with Crippen LogP contribution in [-0.2, 0) is 5.41 Å². The minimum absolute atomic E-state index is 0.358. The fraction of sp³-hybridized carbons (Fsp3) is 0.121. The first-order valence-electron chi connectivity index (χ1n) is 24.6. The van der Waals surface area contributed by atoms with Gasteiger partial charge in [0.2, 0.25) is 0 Å². The number of rotatable bonds is 8. The van der Waals surface area contributed by atoms with Crippen molar-refractivity contribution in [3.05, 3.63) is 253 Å². The van der Waals surface area contributed by atoms with Crippen LogP contribution in [0.15, 0.2) is 231 Å². The van der Waals surface area contributed by atoms with Crippen LogP contribution in [0.4, 0.5) is 17.1 Å². The van der Waals surface area contributed by atoms with Gasteiger partial charge in [-0.1, -0.05) is 207 Å². The minimum Gasteiger partial charge on any atom is -0.309 e. The smallest absolute Gasteiger partial charge is 0.0547 e. The van der Waals surface area contributed by atoms with E-state index in [0.29, 0.717) is 5.92 Å². The number of para-hydroxylation sites is 4. The van der Waals surface area contributed by atoms with Gasteiger partial charge in [0.15, 0.2) is 0 Å². The van der Waals surface area contributed by atoms with E-state index in [9.17, 15) is 0 Å². The number of hydrogen-bond donors (Lipinski definition) is 0. The zero-order valence-corrected chi connectivity index (χ0v) is 38.4. The maximum atomic E-state index is 2.62. The highest BCUT2D eigenvalue weighted by atomic mass is 15.2. The van der Waals surface area contributed by atoms with Crippen LogP contribution >= 0.6 is 0 Å². The second kappa shape index (κ2) is 16.4. The van der Waals surface area contributed by atoms with Gasteiger partial charge in [0.25, 0.3) is 0 Å². The van der Waals surface area contributed by atoms with Crippen molar-refractivity contribution in [1.29, 1.82) is 0 Å².